The van der Waals surface area contributed by atoms with Crippen molar-refractivity contribution in [2.45, 2.75) is 6.54 Å². The SMILES string of the molecule is O=[N+]([O-])c1ccn(Cc2cc(F)cc(F)c2)c1. The minimum absolute atomic E-state index is 0.0538. The van der Waals surface area contributed by atoms with Gasteiger partial charge in [-0.25, -0.2) is 8.78 Å². The molecule has 0 saturated heterocycles. The summed E-state index contributed by atoms with van der Waals surface area (Å²) in [6, 6.07) is 4.49. The molecule has 0 saturated carbocycles. The Hall–Kier alpha value is -2.24. The minimum atomic E-state index is -0.665. The summed E-state index contributed by atoms with van der Waals surface area (Å²) < 4.78 is 27.3. The Kier molecular flexibility index (Phi) is 2.86. The zero-order chi connectivity index (χ0) is 12.4. The van der Waals surface area contributed by atoms with E-state index in [-0.39, 0.29) is 12.2 Å². The third-order valence-corrected chi connectivity index (χ3v) is 2.23. The molecule has 1 aromatic heterocycles. The quantitative estimate of drug-likeness (QED) is 0.609. The van der Waals surface area contributed by atoms with Crippen LogP contribution in [0.4, 0.5) is 14.5 Å². The van der Waals surface area contributed by atoms with Crippen molar-refractivity contribution in [3.05, 3.63) is 64.0 Å². The van der Waals surface area contributed by atoms with Crippen LogP contribution in [0.25, 0.3) is 0 Å². The summed E-state index contributed by atoms with van der Waals surface area (Å²) in [6.07, 6.45) is 2.80. The number of nitro groups is 1. The Morgan fingerprint density at radius 3 is 2.41 bits per heavy atom. The highest BCUT2D eigenvalue weighted by molar-refractivity contribution is 5.27. The van der Waals surface area contributed by atoms with Crippen LogP contribution in [0.3, 0.4) is 0 Å². The van der Waals surface area contributed by atoms with Crippen molar-refractivity contribution in [1.82, 2.24) is 4.57 Å². The molecule has 0 radical (unpaired) electrons. The van der Waals surface area contributed by atoms with Crippen molar-refractivity contribution in [2.75, 3.05) is 0 Å². The summed E-state index contributed by atoms with van der Waals surface area (Å²) in [4.78, 5) is 9.92. The second-order valence-electron chi connectivity index (χ2n) is 3.58. The van der Waals surface area contributed by atoms with E-state index in [0.29, 0.717) is 5.56 Å². The summed E-state index contributed by atoms with van der Waals surface area (Å²) >= 11 is 0. The lowest BCUT2D eigenvalue weighted by Gasteiger charge is -2.03. The zero-order valence-corrected chi connectivity index (χ0v) is 8.64. The van der Waals surface area contributed by atoms with Crippen molar-refractivity contribution >= 4 is 5.69 Å². The monoisotopic (exact) mass is 238 g/mol. The van der Waals surface area contributed by atoms with E-state index < -0.39 is 16.6 Å². The van der Waals surface area contributed by atoms with E-state index in [2.05, 4.69) is 0 Å². The number of hydrogen-bond acceptors (Lipinski definition) is 2. The molecule has 6 heteroatoms. The summed E-state index contributed by atoms with van der Waals surface area (Å²) in [7, 11) is 0. The highest BCUT2D eigenvalue weighted by Crippen LogP contribution is 2.14. The first-order chi connectivity index (χ1) is 8.04. The fourth-order valence-corrected chi connectivity index (χ4v) is 1.55. The Labute approximate surface area is 95.3 Å². The van der Waals surface area contributed by atoms with Gasteiger partial charge in [-0.2, -0.15) is 0 Å². The van der Waals surface area contributed by atoms with Crippen LogP contribution in [0, 0.1) is 21.7 Å². The molecule has 0 aliphatic heterocycles. The van der Waals surface area contributed by atoms with Crippen LogP contribution < -0.4 is 0 Å². The van der Waals surface area contributed by atoms with Crippen LogP contribution >= 0.6 is 0 Å². The average Bonchev–Trinajstić information content (AvgIpc) is 2.64. The lowest BCUT2D eigenvalue weighted by atomic mass is 10.2. The van der Waals surface area contributed by atoms with E-state index in [9.17, 15) is 18.9 Å². The third kappa shape index (κ3) is 2.66. The van der Waals surface area contributed by atoms with Crippen LogP contribution in [0.1, 0.15) is 5.56 Å². The lowest BCUT2D eigenvalue weighted by molar-refractivity contribution is -0.384. The van der Waals surface area contributed by atoms with E-state index in [1.165, 1.54) is 35.2 Å². The van der Waals surface area contributed by atoms with E-state index in [1.807, 2.05) is 0 Å². The molecular formula is C11H8F2N2O2. The van der Waals surface area contributed by atoms with Crippen LogP contribution in [-0.4, -0.2) is 9.49 Å². The topological polar surface area (TPSA) is 48.1 Å². The van der Waals surface area contributed by atoms with E-state index in [0.717, 1.165) is 6.07 Å². The van der Waals surface area contributed by atoms with Gasteiger partial charge in [0.1, 0.15) is 11.6 Å². The molecule has 17 heavy (non-hydrogen) atoms. The van der Waals surface area contributed by atoms with Gasteiger partial charge >= 0.3 is 0 Å². The van der Waals surface area contributed by atoms with Gasteiger partial charge in [-0.1, -0.05) is 0 Å². The van der Waals surface area contributed by atoms with Gasteiger partial charge < -0.3 is 4.57 Å². The number of halogens is 2. The molecule has 0 amide bonds. The summed E-state index contributed by atoms with van der Waals surface area (Å²) in [5.41, 5.74) is 0.356. The molecule has 1 heterocycles. The minimum Gasteiger partial charge on any atom is -0.344 e. The summed E-state index contributed by atoms with van der Waals surface area (Å²) in [5, 5.41) is 10.4. The molecule has 0 bridgehead atoms. The first-order valence-electron chi connectivity index (χ1n) is 4.80. The number of nitrogens with zero attached hydrogens (tertiary/aromatic N) is 2. The molecule has 1 aromatic carbocycles. The molecule has 0 aliphatic carbocycles. The number of benzene rings is 1. The lowest BCUT2D eigenvalue weighted by Crippen LogP contribution is -1.98. The van der Waals surface area contributed by atoms with E-state index in [1.54, 1.807) is 0 Å². The van der Waals surface area contributed by atoms with Crippen LogP contribution in [0.5, 0.6) is 0 Å². The van der Waals surface area contributed by atoms with Gasteiger partial charge in [0.15, 0.2) is 0 Å². The molecule has 88 valence electrons. The van der Waals surface area contributed by atoms with Crippen LogP contribution in [0.15, 0.2) is 36.7 Å². The summed E-state index contributed by atoms with van der Waals surface area (Å²) in [6.45, 7) is 0.183. The van der Waals surface area contributed by atoms with Gasteiger partial charge in [0.25, 0.3) is 5.69 Å². The van der Waals surface area contributed by atoms with Gasteiger partial charge in [-0.3, -0.25) is 10.1 Å². The first-order valence-corrected chi connectivity index (χ1v) is 4.80. The highest BCUT2D eigenvalue weighted by Gasteiger charge is 2.08. The molecule has 0 aliphatic rings. The third-order valence-electron chi connectivity index (χ3n) is 2.23. The maximum atomic E-state index is 12.9. The molecule has 0 atom stereocenters. The second kappa shape index (κ2) is 4.32. The standard InChI is InChI=1S/C11H8F2N2O2/c12-9-3-8(4-10(13)5-9)6-14-2-1-11(7-14)15(16)17/h1-5,7H,6H2. The van der Waals surface area contributed by atoms with Crippen molar-refractivity contribution in [3.8, 4) is 0 Å². The number of aromatic nitrogens is 1. The molecule has 4 nitrogen and oxygen atoms in total. The van der Waals surface area contributed by atoms with Gasteiger partial charge in [0.05, 0.1) is 11.1 Å². The average molecular weight is 238 g/mol. The van der Waals surface area contributed by atoms with Gasteiger partial charge in [0, 0.05) is 24.9 Å². The fraction of sp³-hybridized carbons (Fsp3) is 0.0909. The van der Waals surface area contributed by atoms with Gasteiger partial charge in [0.2, 0.25) is 0 Å². The molecule has 0 N–H and O–H groups in total. The molecule has 2 aromatic rings. The van der Waals surface area contributed by atoms with Crippen molar-refractivity contribution in [3.63, 3.8) is 0 Å². The Morgan fingerprint density at radius 2 is 1.88 bits per heavy atom. The highest BCUT2D eigenvalue weighted by atomic mass is 19.1. The molecule has 2 rings (SSSR count). The predicted molar refractivity (Wildman–Crippen MR) is 56.5 cm³/mol. The normalized spacial score (nSPS) is 10.5. The van der Waals surface area contributed by atoms with Crippen molar-refractivity contribution < 1.29 is 13.7 Å². The zero-order valence-electron chi connectivity index (χ0n) is 8.64. The Balaban J connectivity index is 2.22. The van der Waals surface area contributed by atoms with Crippen LogP contribution in [0.2, 0.25) is 0 Å². The van der Waals surface area contributed by atoms with E-state index in [4.69, 9.17) is 0 Å². The predicted octanol–water partition coefficient (Wildman–Crippen LogP) is 2.72. The maximum Gasteiger partial charge on any atom is 0.286 e. The maximum absolute atomic E-state index is 12.9. The van der Waals surface area contributed by atoms with Crippen molar-refractivity contribution in [1.29, 1.82) is 0 Å². The number of hydrogen-bond donors (Lipinski definition) is 0. The smallest absolute Gasteiger partial charge is 0.286 e. The first kappa shape index (κ1) is 11.3. The van der Waals surface area contributed by atoms with Crippen LogP contribution in [-0.2, 0) is 6.54 Å². The molecule has 0 unspecified atom stereocenters. The Bertz CT molecular complexity index is 546. The summed E-state index contributed by atoms with van der Waals surface area (Å²) in [5.74, 6) is -1.33. The second-order valence-corrected chi connectivity index (χ2v) is 3.58. The number of rotatable bonds is 3. The van der Waals surface area contributed by atoms with Gasteiger partial charge in [-0.15, -0.1) is 0 Å². The fourth-order valence-electron chi connectivity index (χ4n) is 1.55. The molecule has 0 fully saturated rings. The Morgan fingerprint density at radius 1 is 1.24 bits per heavy atom. The molecular weight excluding hydrogens is 230 g/mol. The van der Waals surface area contributed by atoms with E-state index >= 15 is 0 Å². The van der Waals surface area contributed by atoms with Crippen molar-refractivity contribution in [2.24, 2.45) is 0 Å². The largest absolute Gasteiger partial charge is 0.344 e. The molecule has 0 spiro atoms. The van der Waals surface area contributed by atoms with Gasteiger partial charge in [-0.05, 0) is 17.7 Å².